The Morgan fingerprint density at radius 3 is 0.801 bits per heavy atom. The highest BCUT2D eigenvalue weighted by atomic mass is 32.1. The summed E-state index contributed by atoms with van der Waals surface area (Å²) in [7, 11) is 0. The molecule has 5 heterocycles. The van der Waals surface area contributed by atoms with E-state index in [-0.39, 0.29) is 0 Å². The minimum Gasteiger partial charge on any atom is -0.456 e. The van der Waals surface area contributed by atoms with E-state index >= 15 is 0 Å². The van der Waals surface area contributed by atoms with E-state index < -0.39 is 0 Å². The summed E-state index contributed by atoms with van der Waals surface area (Å²) in [4.78, 5) is 14.2. The predicted octanol–water partition coefficient (Wildman–Crippen LogP) is 40.1. The van der Waals surface area contributed by atoms with E-state index in [4.69, 9.17) is 4.42 Å². The van der Waals surface area contributed by atoms with E-state index in [0.717, 1.165) is 130 Å². The minimum absolute atomic E-state index is 0.853. The Morgan fingerprint density at radius 1 is 0.121 bits per heavy atom. The molecule has 141 heavy (non-hydrogen) atoms. The second kappa shape index (κ2) is 36.2. The van der Waals surface area contributed by atoms with Crippen molar-refractivity contribution in [1.82, 2.24) is 0 Å². The summed E-state index contributed by atoms with van der Waals surface area (Å²) in [6.07, 6.45) is 0. The second-order valence-corrected chi connectivity index (χ2v) is 39.8. The van der Waals surface area contributed by atoms with Gasteiger partial charge in [-0.2, -0.15) is 0 Å². The molecule has 0 saturated heterocycles. The number of benzene rings is 22. The third-order valence-electron chi connectivity index (χ3n) is 27.0. The zero-order valence-electron chi connectivity index (χ0n) is 76.4. The van der Waals surface area contributed by atoms with Gasteiger partial charge in [-0.25, -0.2) is 0 Å². The largest absolute Gasteiger partial charge is 0.456 e. The number of rotatable bonds is 20. The van der Waals surface area contributed by atoms with Crippen LogP contribution in [0.25, 0.3) is 136 Å². The molecule has 7 nitrogen and oxygen atoms in total. The molecule has 0 aliphatic carbocycles. The first-order chi connectivity index (χ1) is 69.8. The molecule has 22 aromatic carbocycles. The topological polar surface area (TPSA) is 32.6 Å². The number of para-hydroxylation sites is 6. The lowest BCUT2D eigenvalue weighted by Gasteiger charge is -2.28. The Balaban J connectivity index is 0.000000145. The van der Waals surface area contributed by atoms with Crippen molar-refractivity contribution in [3.63, 3.8) is 0 Å². The average Bonchev–Trinajstić information content (AvgIpc) is 1.62. The van der Waals surface area contributed by atoms with Crippen LogP contribution in [0.2, 0.25) is 0 Å². The van der Waals surface area contributed by atoms with Crippen molar-refractivity contribution < 1.29 is 4.42 Å². The lowest BCUT2D eigenvalue weighted by atomic mass is 9.98. The van der Waals surface area contributed by atoms with Crippen molar-refractivity contribution >= 4 is 261 Å². The van der Waals surface area contributed by atoms with Crippen LogP contribution in [0.4, 0.5) is 102 Å². The molecule has 0 bridgehead atoms. The molecular weight excluding hydrogens is 1790 g/mol. The molecule has 5 aromatic heterocycles. The third-order valence-corrected chi connectivity index (χ3v) is 31.5. The number of thiophene rings is 4. The van der Waals surface area contributed by atoms with Gasteiger partial charge in [0.15, 0.2) is 0 Å². The maximum atomic E-state index is 6.50. The van der Waals surface area contributed by atoms with Crippen LogP contribution in [0.3, 0.4) is 0 Å². The van der Waals surface area contributed by atoms with Crippen molar-refractivity contribution in [1.29, 1.82) is 0 Å². The number of fused-ring (bicyclic) bond motifs is 16. The Bertz CT molecular complexity index is 9310. The van der Waals surface area contributed by atoms with E-state index in [0.29, 0.717) is 0 Å². The maximum Gasteiger partial charge on any atom is 0.137 e. The van der Waals surface area contributed by atoms with Crippen molar-refractivity contribution in [2.24, 2.45) is 0 Å². The minimum atomic E-state index is 0.853. The summed E-state index contributed by atoms with van der Waals surface area (Å²) >= 11 is 7.40. The average molecular weight is 1880 g/mol. The van der Waals surface area contributed by atoms with Gasteiger partial charge in [0, 0.05) is 200 Å². The lowest BCUT2D eigenvalue weighted by molar-refractivity contribution is 0.669. The molecule has 11 heteroatoms. The SMILES string of the molecule is c1ccc(-c2cccc(-c3cccc(N(c4ccccc4)c4ccc(N(c5ccc6c(c5)oc5ccccc56)c5ccc6c(c5)sc5ccc(N(c7ccccc7)c7ccccc7)cc56)cc4)c3)c2)cc1.c1ccc(N(c2ccc(N(c3ccc4c(c3)sc3ccc(N(c5ccccc5)c5ccc6sc7ccccc7c6c5)cc34)c3ccc4sc5ccccc5c4c3)cc2)c2ccc3ccccc3c2)cc1. The van der Waals surface area contributed by atoms with E-state index in [9.17, 15) is 0 Å². The summed E-state index contributed by atoms with van der Waals surface area (Å²) in [6.45, 7) is 0. The summed E-state index contributed by atoms with van der Waals surface area (Å²) in [6, 6.07) is 189. The molecule has 27 aromatic rings. The van der Waals surface area contributed by atoms with Crippen LogP contribution in [-0.4, -0.2) is 0 Å². The lowest BCUT2D eigenvalue weighted by Crippen LogP contribution is -2.12. The molecule has 27 rings (SSSR count). The van der Waals surface area contributed by atoms with Gasteiger partial charge < -0.3 is 33.8 Å². The number of anilines is 18. The smallest absolute Gasteiger partial charge is 0.137 e. The third kappa shape index (κ3) is 15.9. The maximum absolute atomic E-state index is 6.50. The fourth-order valence-corrected chi connectivity index (χ4v) is 24.8. The fraction of sp³-hybridized carbons (Fsp3) is 0. The molecule has 0 fully saturated rings. The van der Waals surface area contributed by atoms with Crippen molar-refractivity contribution in [3.05, 3.63) is 522 Å². The zero-order chi connectivity index (χ0) is 93.2. The van der Waals surface area contributed by atoms with Gasteiger partial charge in [0.25, 0.3) is 0 Å². The molecule has 666 valence electrons. The number of furan rings is 1. The van der Waals surface area contributed by atoms with Gasteiger partial charge in [0.1, 0.15) is 11.2 Å². The Labute approximate surface area is 832 Å². The molecule has 0 amide bonds. The molecule has 0 spiro atoms. The quantitative estimate of drug-likeness (QED) is 0.0752. The highest BCUT2D eigenvalue weighted by Crippen LogP contribution is 2.52. The molecule has 0 unspecified atom stereocenters. The summed E-state index contributed by atoms with van der Waals surface area (Å²) in [5, 5.41) is 14.8. The molecule has 0 N–H and O–H groups in total. The van der Waals surface area contributed by atoms with Crippen LogP contribution in [0.1, 0.15) is 0 Å². The fourth-order valence-electron chi connectivity index (χ4n) is 20.3. The van der Waals surface area contributed by atoms with Crippen molar-refractivity contribution in [2.45, 2.75) is 0 Å². The summed E-state index contributed by atoms with van der Waals surface area (Å²) in [5.74, 6) is 0. The highest BCUT2D eigenvalue weighted by molar-refractivity contribution is 7.27. The summed E-state index contributed by atoms with van der Waals surface area (Å²) < 4.78 is 16.7. The van der Waals surface area contributed by atoms with Crippen LogP contribution in [-0.2, 0) is 0 Å². The van der Waals surface area contributed by atoms with Crippen LogP contribution >= 0.6 is 45.3 Å². The van der Waals surface area contributed by atoms with Gasteiger partial charge >= 0.3 is 0 Å². The van der Waals surface area contributed by atoms with Gasteiger partial charge in [0.05, 0.1) is 0 Å². The van der Waals surface area contributed by atoms with E-state index in [1.54, 1.807) is 0 Å². The Morgan fingerprint density at radius 2 is 0.369 bits per heavy atom. The molecule has 0 radical (unpaired) electrons. The van der Waals surface area contributed by atoms with Crippen LogP contribution < -0.4 is 29.4 Å². The van der Waals surface area contributed by atoms with Gasteiger partial charge in [-0.1, -0.05) is 249 Å². The molecule has 0 atom stereocenters. The zero-order valence-corrected chi connectivity index (χ0v) is 79.6. The van der Waals surface area contributed by atoms with Crippen LogP contribution in [0.15, 0.2) is 526 Å². The number of hydrogen-bond donors (Lipinski definition) is 0. The van der Waals surface area contributed by atoms with E-state index in [1.807, 2.05) is 57.5 Å². The standard InChI is InChI=1S/C66H45N3OS.C64H41N3S3/c1-5-17-46(18-6-1)47-19-15-20-48(41-47)49-21-16-28-55(42-49)68(52-26-11-4-12-27-52)53-31-33-54(34-32-53)69(57-35-38-60-59-29-13-14-30-63(59)70-64(60)44-57)58-36-39-61-62-43-56(37-40-65(62)71-66(61)45-58)67(50-22-7-2-8-23-50)51-24-9-3-10-25-51;1-3-15-44(16-4-1)65(48-24-23-42-13-7-8-14-43(42)37-48)46-25-27-47(28-26-46)67(51-31-35-62-57(39-51)54-20-10-12-22-60(54)69-62)52-29-33-55-58-40-50(32-36-63(58)70-64(55)41-52)66(45-17-5-2-6-18-45)49-30-34-61-56(38-49)53-19-9-11-21-59(53)68-61/h1-45H;1-41H. The first kappa shape index (κ1) is 84.1. The van der Waals surface area contributed by atoms with Gasteiger partial charge in [-0.3, -0.25) is 0 Å². The van der Waals surface area contributed by atoms with Gasteiger partial charge in [-0.15, -0.1) is 45.3 Å². The van der Waals surface area contributed by atoms with Gasteiger partial charge in [0.2, 0.25) is 0 Å². The highest BCUT2D eigenvalue weighted by Gasteiger charge is 2.26. The Kier molecular flexibility index (Phi) is 21.6. The van der Waals surface area contributed by atoms with Crippen molar-refractivity contribution in [3.8, 4) is 22.3 Å². The molecular formula is C130H86N6OS4. The van der Waals surface area contributed by atoms with Crippen LogP contribution in [0.5, 0.6) is 0 Å². The van der Waals surface area contributed by atoms with E-state index in [2.05, 4.69) is 539 Å². The number of nitrogens with zero attached hydrogens (tertiary/aromatic N) is 6. The monoisotopic (exact) mass is 1870 g/mol. The second-order valence-electron chi connectivity index (χ2n) is 35.5. The number of hydrogen-bond acceptors (Lipinski definition) is 11. The molecule has 0 saturated carbocycles. The van der Waals surface area contributed by atoms with Crippen molar-refractivity contribution in [2.75, 3.05) is 29.4 Å². The summed E-state index contributed by atoms with van der Waals surface area (Å²) in [5.41, 5.74) is 26.2. The normalized spacial score (nSPS) is 11.5. The molecule has 0 aliphatic heterocycles. The van der Waals surface area contributed by atoms with Crippen LogP contribution in [0, 0.1) is 0 Å². The van der Waals surface area contributed by atoms with Gasteiger partial charge in [-0.05, 0) is 300 Å². The first-order valence-corrected chi connectivity index (χ1v) is 50.8. The Hall–Kier alpha value is -17.4. The first-order valence-electron chi connectivity index (χ1n) is 47.5. The molecule has 0 aliphatic rings. The van der Waals surface area contributed by atoms with E-state index in [1.165, 1.54) is 108 Å². The predicted molar refractivity (Wildman–Crippen MR) is 608 cm³/mol.